The fourth-order valence-corrected chi connectivity index (χ4v) is 4.25. The van der Waals surface area contributed by atoms with Crippen molar-refractivity contribution >= 4 is 22.4 Å². The van der Waals surface area contributed by atoms with E-state index in [1.165, 1.54) is 16.8 Å². The molecule has 30 heavy (non-hydrogen) atoms. The molecule has 0 N–H and O–H groups in total. The van der Waals surface area contributed by atoms with Crippen molar-refractivity contribution in [3.8, 4) is 11.1 Å². The Kier molecular flexibility index (Phi) is 4.94. The number of fused-ring (bicyclic) bond motifs is 1. The first-order chi connectivity index (χ1) is 14.8. The third-order valence-electron chi connectivity index (χ3n) is 5.93. The van der Waals surface area contributed by atoms with Crippen LogP contribution < -0.4 is 4.90 Å². The summed E-state index contributed by atoms with van der Waals surface area (Å²) < 4.78 is 0. The van der Waals surface area contributed by atoms with Crippen molar-refractivity contribution < 1.29 is 4.79 Å². The molecule has 0 aliphatic carbocycles. The van der Waals surface area contributed by atoms with Gasteiger partial charge in [0.1, 0.15) is 0 Å². The molecule has 0 radical (unpaired) electrons. The lowest BCUT2D eigenvalue weighted by Crippen LogP contribution is -2.48. The smallest absolute Gasteiger partial charge is 0.254 e. The Balaban J connectivity index is 1.28. The molecule has 148 valence electrons. The average Bonchev–Trinajstić information content (AvgIpc) is 2.84. The molecule has 5 rings (SSSR count). The largest absolute Gasteiger partial charge is 0.368 e. The van der Waals surface area contributed by atoms with E-state index in [2.05, 4.69) is 65.6 Å². The average molecular weight is 393 g/mol. The van der Waals surface area contributed by atoms with Crippen molar-refractivity contribution in [2.24, 2.45) is 0 Å². The van der Waals surface area contributed by atoms with Gasteiger partial charge in [-0.1, -0.05) is 78.9 Å². The van der Waals surface area contributed by atoms with Gasteiger partial charge in [-0.05, 0) is 40.1 Å². The molecule has 0 aromatic heterocycles. The summed E-state index contributed by atoms with van der Waals surface area (Å²) in [5.74, 6) is 0.130. The Hall–Kier alpha value is -3.59. The van der Waals surface area contributed by atoms with Crippen molar-refractivity contribution in [2.75, 3.05) is 31.1 Å². The molecule has 0 saturated carbocycles. The van der Waals surface area contributed by atoms with E-state index in [0.717, 1.165) is 42.5 Å². The van der Waals surface area contributed by atoms with Crippen LogP contribution in [0.3, 0.4) is 0 Å². The molecule has 0 bridgehead atoms. The molecule has 0 unspecified atom stereocenters. The molecule has 1 heterocycles. The molecule has 3 nitrogen and oxygen atoms in total. The number of piperazine rings is 1. The number of amides is 1. The van der Waals surface area contributed by atoms with Gasteiger partial charge in [0.15, 0.2) is 0 Å². The molecule has 1 fully saturated rings. The lowest BCUT2D eigenvalue weighted by Gasteiger charge is -2.36. The van der Waals surface area contributed by atoms with Gasteiger partial charge in [-0.25, -0.2) is 0 Å². The van der Waals surface area contributed by atoms with Crippen LogP contribution in [0.25, 0.3) is 21.9 Å². The number of carbonyl (C=O) groups is 1. The first-order valence-corrected chi connectivity index (χ1v) is 10.5. The van der Waals surface area contributed by atoms with Crippen LogP contribution in [-0.4, -0.2) is 37.0 Å². The minimum atomic E-state index is 0.130. The molecule has 4 aromatic carbocycles. The maximum atomic E-state index is 13.2. The van der Waals surface area contributed by atoms with Crippen LogP contribution >= 0.6 is 0 Å². The highest BCUT2D eigenvalue weighted by molar-refractivity contribution is 6.07. The van der Waals surface area contributed by atoms with Gasteiger partial charge in [0, 0.05) is 37.4 Å². The molecule has 1 aliphatic rings. The number of nitrogens with zero attached hydrogens (tertiary/aromatic N) is 2. The summed E-state index contributed by atoms with van der Waals surface area (Å²) in [6, 6.07) is 33.2. The molecule has 3 heteroatoms. The molecule has 1 aliphatic heterocycles. The quantitative estimate of drug-likeness (QED) is 0.462. The van der Waals surface area contributed by atoms with E-state index in [-0.39, 0.29) is 5.91 Å². The Labute approximate surface area is 177 Å². The van der Waals surface area contributed by atoms with Gasteiger partial charge in [0.05, 0.1) is 0 Å². The Bertz CT molecular complexity index is 1160. The molecule has 0 spiro atoms. The standard InChI is InChI=1S/C27H24N2O/c30-27(26-12-6-10-23-9-4-5-11-25(23)26)29-19-17-28(18-20-29)24-15-13-22(14-16-24)21-7-2-1-3-8-21/h1-16H,17-20H2. The van der Waals surface area contributed by atoms with Gasteiger partial charge in [-0.15, -0.1) is 0 Å². The van der Waals surface area contributed by atoms with E-state index >= 15 is 0 Å². The lowest BCUT2D eigenvalue weighted by molar-refractivity contribution is 0.0749. The number of anilines is 1. The summed E-state index contributed by atoms with van der Waals surface area (Å²) in [5, 5.41) is 2.14. The van der Waals surface area contributed by atoms with Gasteiger partial charge in [0.25, 0.3) is 5.91 Å². The van der Waals surface area contributed by atoms with Crippen molar-refractivity contribution in [1.82, 2.24) is 4.90 Å². The zero-order valence-corrected chi connectivity index (χ0v) is 16.9. The number of hydrogen-bond donors (Lipinski definition) is 0. The molecule has 0 atom stereocenters. The minimum absolute atomic E-state index is 0.130. The second kappa shape index (κ2) is 8.03. The summed E-state index contributed by atoms with van der Waals surface area (Å²) in [7, 11) is 0. The second-order valence-corrected chi connectivity index (χ2v) is 7.72. The van der Waals surface area contributed by atoms with Gasteiger partial charge < -0.3 is 9.80 Å². The highest BCUT2D eigenvalue weighted by Crippen LogP contribution is 2.25. The summed E-state index contributed by atoms with van der Waals surface area (Å²) in [4.78, 5) is 17.5. The van der Waals surface area contributed by atoms with E-state index in [0.29, 0.717) is 0 Å². The number of rotatable bonds is 3. The normalized spacial score (nSPS) is 14.1. The monoisotopic (exact) mass is 392 g/mol. The first kappa shape index (κ1) is 18.4. The SMILES string of the molecule is O=C(c1cccc2ccccc12)N1CCN(c2ccc(-c3ccccc3)cc2)CC1. The van der Waals surface area contributed by atoms with Crippen LogP contribution in [0.15, 0.2) is 97.1 Å². The fourth-order valence-electron chi connectivity index (χ4n) is 4.25. The predicted octanol–water partition coefficient (Wildman–Crippen LogP) is 5.47. The van der Waals surface area contributed by atoms with Crippen molar-refractivity contribution in [3.63, 3.8) is 0 Å². The van der Waals surface area contributed by atoms with Crippen LogP contribution in [0.4, 0.5) is 5.69 Å². The maximum Gasteiger partial charge on any atom is 0.254 e. The molecule has 4 aromatic rings. The van der Waals surface area contributed by atoms with Gasteiger partial charge in [-0.3, -0.25) is 4.79 Å². The molecule has 1 saturated heterocycles. The van der Waals surface area contributed by atoms with Crippen LogP contribution in [0.5, 0.6) is 0 Å². The maximum absolute atomic E-state index is 13.2. The van der Waals surface area contributed by atoms with E-state index in [1.54, 1.807) is 0 Å². The summed E-state index contributed by atoms with van der Waals surface area (Å²) in [6.07, 6.45) is 0. The van der Waals surface area contributed by atoms with Gasteiger partial charge in [0.2, 0.25) is 0 Å². The van der Waals surface area contributed by atoms with E-state index < -0.39 is 0 Å². The highest BCUT2D eigenvalue weighted by Gasteiger charge is 2.23. The summed E-state index contributed by atoms with van der Waals surface area (Å²) >= 11 is 0. The Morgan fingerprint density at radius 1 is 0.600 bits per heavy atom. The van der Waals surface area contributed by atoms with Crippen LogP contribution in [-0.2, 0) is 0 Å². The predicted molar refractivity (Wildman–Crippen MR) is 124 cm³/mol. The fraction of sp³-hybridized carbons (Fsp3) is 0.148. The second-order valence-electron chi connectivity index (χ2n) is 7.72. The van der Waals surface area contributed by atoms with E-state index in [9.17, 15) is 4.79 Å². The highest BCUT2D eigenvalue weighted by atomic mass is 16.2. The van der Waals surface area contributed by atoms with Crippen molar-refractivity contribution in [3.05, 3.63) is 103 Å². The third kappa shape index (κ3) is 3.55. The van der Waals surface area contributed by atoms with Crippen molar-refractivity contribution in [2.45, 2.75) is 0 Å². The zero-order valence-electron chi connectivity index (χ0n) is 16.9. The van der Waals surface area contributed by atoms with E-state index in [4.69, 9.17) is 0 Å². The lowest BCUT2D eigenvalue weighted by atomic mass is 10.0. The van der Waals surface area contributed by atoms with E-state index in [1.807, 2.05) is 41.3 Å². The van der Waals surface area contributed by atoms with Crippen LogP contribution in [0.1, 0.15) is 10.4 Å². The Morgan fingerprint density at radius 2 is 1.23 bits per heavy atom. The molecular formula is C27H24N2O. The first-order valence-electron chi connectivity index (χ1n) is 10.5. The topological polar surface area (TPSA) is 23.6 Å². The van der Waals surface area contributed by atoms with Crippen molar-refractivity contribution in [1.29, 1.82) is 0 Å². The number of benzene rings is 4. The van der Waals surface area contributed by atoms with Crippen LogP contribution in [0, 0.1) is 0 Å². The minimum Gasteiger partial charge on any atom is -0.368 e. The number of carbonyl (C=O) groups excluding carboxylic acids is 1. The molecular weight excluding hydrogens is 368 g/mol. The Morgan fingerprint density at radius 3 is 2.00 bits per heavy atom. The van der Waals surface area contributed by atoms with Gasteiger partial charge >= 0.3 is 0 Å². The summed E-state index contributed by atoms with van der Waals surface area (Å²) in [5.41, 5.74) is 4.47. The third-order valence-corrected chi connectivity index (χ3v) is 5.93. The van der Waals surface area contributed by atoms with Gasteiger partial charge in [-0.2, -0.15) is 0 Å². The summed E-state index contributed by atoms with van der Waals surface area (Å²) in [6.45, 7) is 3.17. The number of hydrogen-bond acceptors (Lipinski definition) is 2. The van der Waals surface area contributed by atoms with Crippen LogP contribution in [0.2, 0.25) is 0 Å². The zero-order chi connectivity index (χ0) is 20.3. The molecule has 1 amide bonds.